The van der Waals surface area contributed by atoms with E-state index in [0.29, 0.717) is 0 Å². The first kappa shape index (κ1) is 10.6. The number of carbonyl (C=O) groups is 1. The number of hydrogen-bond acceptors (Lipinski definition) is 2. The summed E-state index contributed by atoms with van der Waals surface area (Å²) in [7, 11) is 0. The molecule has 2 atom stereocenters. The minimum Gasteiger partial charge on any atom is -0.481 e. The molecule has 0 fully saturated rings. The summed E-state index contributed by atoms with van der Waals surface area (Å²) in [5.41, 5.74) is 2.55. The highest BCUT2D eigenvalue weighted by Crippen LogP contribution is 2.40. The molecule has 2 nitrogen and oxygen atoms in total. The van der Waals surface area contributed by atoms with Crippen molar-refractivity contribution in [2.24, 2.45) is 5.92 Å². The molecule has 0 saturated carbocycles. The average Bonchev–Trinajstić information content (AvgIpc) is 2.58. The van der Waals surface area contributed by atoms with Gasteiger partial charge in [0.15, 0.2) is 0 Å². The standard InChI is InChI=1S/C12H14O2S/c1-7-3-4-10-9(5-7)6-11(15-10)8(2)12(13)14/h3-5,8,11H,6H2,1-2H3,(H,13,14). The molecule has 1 aliphatic heterocycles. The Morgan fingerprint density at radius 1 is 1.60 bits per heavy atom. The topological polar surface area (TPSA) is 37.3 Å². The number of carboxylic acid groups (broad SMARTS) is 1. The lowest BCUT2D eigenvalue weighted by molar-refractivity contribution is -0.141. The number of carboxylic acids is 1. The van der Waals surface area contributed by atoms with Crippen molar-refractivity contribution in [3.05, 3.63) is 29.3 Å². The van der Waals surface area contributed by atoms with Crippen molar-refractivity contribution in [2.75, 3.05) is 0 Å². The number of fused-ring (bicyclic) bond motifs is 1. The Bertz CT molecular complexity index is 401. The summed E-state index contributed by atoms with van der Waals surface area (Å²) < 4.78 is 0. The van der Waals surface area contributed by atoms with Crippen molar-refractivity contribution >= 4 is 17.7 Å². The van der Waals surface area contributed by atoms with Gasteiger partial charge in [-0.2, -0.15) is 0 Å². The summed E-state index contributed by atoms with van der Waals surface area (Å²) in [6.07, 6.45) is 0.884. The maximum atomic E-state index is 10.9. The third kappa shape index (κ3) is 2.02. The number of hydrogen-bond donors (Lipinski definition) is 1. The second-order valence-electron chi connectivity index (χ2n) is 4.10. The van der Waals surface area contributed by atoms with Crippen LogP contribution < -0.4 is 0 Å². The van der Waals surface area contributed by atoms with Crippen LogP contribution in [0.2, 0.25) is 0 Å². The normalized spacial score (nSPS) is 21.1. The number of aliphatic carboxylic acids is 1. The van der Waals surface area contributed by atoms with E-state index in [1.165, 1.54) is 16.0 Å². The third-order valence-electron chi connectivity index (χ3n) is 2.86. The maximum absolute atomic E-state index is 10.9. The van der Waals surface area contributed by atoms with Crippen LogP contribution in [0.4, 0.5) is 0 Å². The highest BCUT2D eigenvalue weighted by Gasteiger charge is 2.30. The molecule has 0 aliphatic carbocycles. The smallest absolute Gasteiger partial charge is 0.307 e. The number of rotatable bonds is 2. The highest BCUT2D eigenvalue weighted by molar-refractivity contribution is 8.00. The van der Waals surface area contributed by atoms with Crippen LogP contribution in [0.1, 0.15) is 18.1 Å². The monoisotopic (exact) mass is 222 g/mol. The Balaban J connectivity index is 2.19. The minimum atomic E-state index is -0.697. The van der Waals surface area contributed by atoms with Crippen LogP contribution in [0.3, 0.4) is 0 Å². The Labute approximate surface area is 93.7 Å². The predicted octanol–water partition coefficient (Wildman–Crippen LogP) is 2.73. The zero-order valence-corrected chi connectivity index (χ0v) is 9.67. The Morgan fingerprint density at radius 2 is 2.33 bits per heavy atom. The molecule has 0 amide bonds. The van der Waals surface area contributed by atoms with E-state index in [2.05, 4.69) is 25.1 Å². The molecule has 0 saturated heterocycles. The lowest BCUT2D eigenvalue weighted by Gasteiger charge is -2.12. The molecule has 2 unspecified atom stereocenters. The van der Waals surface area contributed by atoms with Gasteiger partial charge in [-0.3, -0.25) is 4.79 Å². The van der Waals surface area contributed by atoms with Crippen molar-refractivity contribution in [2.45, 2.75) is 30.4 Å². The summed E-state index contributed by atoms with van der Waals surface area (Å²) in [4.78, 5) is 12.1. The van der Waals surface area contributed by atoms with Crippen molar-refractivity contribution in [3.8, 4) is 0 Å². The summed E-state index contributed by atoms with van der Waals surface area (Å²) in [6.45, 7) is 3.86. The minimum absolute atomic E-state index is 0.194. The zero-order chi connectivity index (χ0) is 11.0. The fraction of sp³-hybridized carbons (Fsp3) is 0.417. The first-order valence-electron chi connectivity index (χ1n) is 5.07. The first-order chi connectivity index (χ1) is 7.08. The summed E-state index contributed by atoms with van der Waals surface area (Å²) in [5, 5.41) is 9.16. The third-order valence-corrected chi connectivity index (χ3v) is 4.39. The zero-order valence-electron chi connectivity index (χ0n) is 8.86. The fourth-order valence-corrected chi connectivity index (χ4v) is 3.19. The Morgan fingerprint density at radius 3 is 3.00 bits per heavy atom. The molecule has 0 aromatic heterocycles. The Hall–Kier alpha value is -0.960. The number of benzene rings is 1. The summed E-state index contributed by atoms with van der Waals surface area (Å²) >= 11 is 1.70. The molecular formula is C12H14O2S. The molecule has 0 spiro atoms. The maximum Gasteiger partial charge on any atom is 0.307 e. The van der Waals surface area contributed by atoms with Crippen molar-refractivity contribution in [1.82, 2.24) is 0 Å². The van der Waals surface area contributed by atoms with Crippen LogP contribution in [0.15, 0.2) is 23.1 Å². The van der Waals surface area contributed by atoms with Crippen molar-refractivity contribution < 1.29 is 9.90 Å². The SMILES string of the molecule is Cc1ccc2c(c1)CC(C(C)C(=O)O)S2. The number of aryl methyl sites for hydroxylation is 1. The predicted molar refractivity (Wildman–Crippen MR) is 61.3 cm³/mol. The van der Waals surface area contributed by atoms with Crippen LogP contribution >= 0.6 is 11.8 Å². The van der Waals surface area contributed by atoms with Crippen LogP contribution in [0.5, 0.6) is 0 Å². The van der Waals surface area contributed by atoms with Crippen LogP contribution in [0.25, 0.3) is 0 Å². The van der Waals surface area contributed by atoms with Gasteiger partial charge >= 0.3 is 5.97 Å². The van der Waals surface area contributed by atoms with Gasteiger partial charge in [-0.05, 0) is 25.0 Å². The van der Waals surface area contributed by atoms with Gasteiger partial charge in [-0.1, -0.05) is 24.6 Å². The molecule has 2 rings (SSSR count). The van der Waals surface area contributed by atoms with Crippen molar-refractivity contribution in [1.29, 1.82) is 0 Å². The molecule has 1 N–H and O–H groups in total. The van der Waals surface area contributed by atoms with E-state index in [-0.39, 0.29) is 11.2 Å². The molecule has 1 aromatic rings. The largest absolute Gasteiger partial charge is 0.481 e. The number of thioether (sulfide) groups is 1. The lowest BCUT2D eigenvalue weighted by Crippen LogP contribution is -2.22. The van der Waals surface area contributed by atoms with Gasteiger partial charge in [0, 0.05) is 10.1 Å². The van der Waals surface area contributed by atoms with Gasteiger partial charge in [-0.15, -0.1) is 11.8 Å². The van der Waals surface area contributed by atoms with Crippen LogP contribution in [0, 0.1) is 12.8 Å². The molecule has 0 bridgehead atoms. The van der Waals surface area contributed by atoms with E-state index >= 15 is 0 Å². The van der Waals surface area contributed by atoms with Crippen LogP contribution in [-0.4, -0.2) is 16.3 Å². The average molecular weight is 222 g/mol. The molecular weight excluding hydrogens is 208 g/mol. The van der Waals surface area contributed by atoms with Gasteiger partial charge in [0.05, 0.1) is 5.92 Å². The molecule has 1 aliphatic rings. The van der Waals surface area contributed by atoms with Crippen molar-refractivity contribution in [3.63, 3.8) is 0 Å². The quantitative estimate of drug-likeness (QED) is 0.836. The molecule has 3 heteroatoms. The van der Waals surface area contributed by atoms with E-state index in [1.54, 1.807) is 18.7 Å². The van der Waals surface area contributed by atoms with Gasteiger partial charge < -0.3 is 5.11 Å². The second-order valence-corrected chi connectivity index (χ2v) is 5.38. The molecule has 0 radical (unpaired) electrons. The fourth-order valence-electron chi connectivity index (χ4n) is 1.84. The second kappa shape index (κ2) is 3.89. The van der Waals surface area contributed by atoms with E-state index < -0.39 is 5.97 Å². The summed E-state index contributed by atoms with van der Waals surface area (Å²) in [6, 6.07) is 6.35. The summed E-state index contributed by atoms with van der Waals surface area (Å²) in [5.74, 6) is -0.972. The molecule has 1 heterocycles. The van der Waals surface area contributed by atoms with Gasteiger partial charge in [0.1, 0.15) is 0 Å². The molecule has 80 valence electrons. The van der Waals surface area contributed by atoms with Crippen LogP contribution in [-0.2, 0) is 11.2 Å². The van der Waals surface area contributed by atoms with Gasteiger partial charge in [0.2, 0.25) is 0 Å². The van der Waals surface area contributed by atoms with Gasteiger partial charge in [0.25, 0.3) is 0 Å². The van der Waals surface area contributed by atoms with E-state index in [4.69, 9.17) is 5.11 Å². The molecule has 15 heavy (non-hydrogen) atoms. The molecule has 1 aromatic carbocycles. The van der Waals surface area contributed by atoms with E-state index in [9.17, 15) is 4.79 Å². The highest BCUT2D eigenvalue weighted by atomic mass is 32.2. The first-order valence-corrected chi connectivity index (χ1v) is 5.95. The Kier molecular flexibility index (Phi) is 2.74. The lowest BCUT2D eigenvalue weighted by atomic mass is 10.00. The van der Waals surface area contributed by atoms with E-state index in [0.717, 1.165) is 6.42 Å². The van der Waals surface area contributed by atoms with E-state index in [1.807, 2.05) is 0 Å². The van der Waals surface area contributed by atoms with Gasteiger partial charge in [-0.25, -0.2) is 0 Å².